The number of hydrogen-bond acceptors (Lipinski definition) is 3. The quantitative estimate of drug-likeness (QED) is 0.691. The number of allylic oxidation sites excluding steroid dienone is 5. The second-order valence-electron chi connectivity index (χ2n) is 8.52. The SMILES string of the molecule is CCC(C)C(=O)OC1=CC2=CCC3C(CC[C@]4(C)OCCC34)C2C=C1. The van der Waals surface area contributed by atoms with Gasteiger partial charge in [-0.2, -0.15) is 0 Å². The largest absolute Gasteiger partial charge is 0.426 e. The van der Waals surface area contributed by atoms with Gasteiger partial charge in [-0.15, -0.1) is 0 Å². The summed E-state index contributed by atoms with van der Waals surface area (Å²) in [7, 11) is 0. The number of fused-ring (bicyclic) bond motifs is 5. The van der Waals surface area contributed by atoms with E-state index < -0.39 is 0 Å². The Bertz CT molecular complexity index is 644. The maximum Gasteiger partial charge on any atom is 0.314 e. The van der Waals surface area contributed by atoms with Crippen LogP contribution in [0.2, 0.25) is 0 Å². The molecule has 5 unspecified atom stereocenters. The Hall–Kier alpha value is -1.35. The van der Waals surface area contributed by atoms with Crippen molar-refractivity contribution in [2.24, 2.45) is 29.6 Å². The second kappa shape index (κ2) is 6.42. The molecule has 3 nitrogen and oxygen atoms in total. The molecule has 0 aromatic carbocycles. The van der Waals surface area contributed by atoms with E-state index in [-0.39, 0.29) is 17.5 Å². The van der Waals surface area contributed by atoms with Crippen molar-refractivity contribution >= 4 is 5.97 Å². The number of rotatable bonds is 3. The van der Waals surface area contributed by atoms with Crippen molar-refractivity contribution in [2.75, 3.05) is 6.61 Å². The highest BCUT2D eigenvalue weighted by Gasteiger charge is 2.52. The van der Waals surface area contributed by atoms with Crippen molar-refractivity contribution in [3.63, 3.8) is 0 Å². The topological polar surface area (TPSA) is 35.5 Å². The highest BCUT2D eigenvalue weighted by Crippen LogP contribution is 2.55. The number of carbonyl (C=O) groups excluding carboxylic acids is 1. The molecule has 1 saturated carbocycles. The molecule has 3 heteroatoms. The molecular weight excluding hydrogens is 312 g/mol. The van der Waals surface area contributed by atoms with Crippen LogP contribution in [0, 0.1) is 29.6 Å². The molecule has 4 aliphatic rings. The highest BCUT2D eigenvalue weighted by atomic mass is 16.5. The van der Waals surface area contributed by atoms with Crippen LogP contribution < -0.4 is 0 Å². The molecule has 136 valence electrons. The minimum atomic E-state index is -0.123. The van der Waals surface area contributed by atoms with Crippen LogP contribution in [0.15, 0.2) is 35.6 Å². The smallest absolute Gasteiger partial charge is 0.314 e. The molecular formula is C22H30O3. The van der Waals surface area contributed by atoms with Crippen molar-refractivity contribution in [1.82, 2.24) is 0 Å². The van der Waals surface area contributed by atoms with Gasteiger partial charge >= 0.3 is 5.97 Å². The first-order valence-electron chi connectivity index (χ1n) is 9.97. The third kappa shape index (κ3) is 2.91. The first-order chi connectivity index (χ1) is 12.0. The van der Waals surface area contributed by atoms with Crippen LogP contribution in [-0.4, -0.2) is 18.2 Å². The fourth-order valence-corrected chi connectivity index (χ4v) is 5.43. The summed E-state index contributed by atoms with van der Waals surface area (Å²) in [4.78, 5) is 12.1. The Balaban J connectivity index is 1.52. The van der Waals surface area contributed by atoms with Crippen LogP contribution in [0.4, 0.5) is 0 Å². The summed E-state index contributed by atoms with van der Waals surface area (Å²) in [6.07, 6.45) is 14.4. The Kier molecular flexibility index (Phi) is 4.39. The fraction of sp³-hybridized carbons (Fsp3) is 0.682. The van der Waals surface area contributed by atoms with Crippen molar-refractivity contribution in [2.45, 2.75) is 58.5 Å². The molecule has 3 aliphatic carbocycles. The van der Waals surface area contributed by atoms with Gasteiger partial charge in [0.1, 0.15) is 5.76 Å². The van der Waals surface area contributed by atoms with Crippen LogP contribution in [0.1, 0.15) is 52.9 Å². The zero-order chi connectivity index (χ0) is 17.6. The summed E-state index contributed by atoms with van der Waals surface area (Å²) >= 11 is 0. The van der Waals surface area contributed by atoms with Gasteiger partial charge in [0, 0.05) is 12.5 Å². The van der Waals surface area contributed by atoms with Gasteiger partial charge in [0.25, 0.3) is 0 Å². The molecule has 0 aromatic heterocycles. The van der Waals surface area contributed by atoms with Crippen molar-refractivity contribution in [3.05, 3.63) is 35.6 Å². The van der Waals surface area contributed by atoms with Gasteiger partial charge in [-0.05, 0) is 74.5 Å². The van der Waals surface area contributed by atoms with E-state index in [1.54, 1.807) is 0 Å². The maximum absolute atomic E-state index is 12.1. The molecule has 1 aliphatic heterocycles. The van der Waals surface area contributed by atoms with Crippen molar-refractivity contribution < 1.29 is 14.3 Å². The first kappa shape index (κ1) is 17.1. The second-order valence-corrected chi connectivity index (χ2v) is 8.52. The van der Waals surface area contributed by atoms with Gasteiger partial charge < -0.3 is 9.47 Å². The summed E-state index contributed by atoms with van der Waals surface area (Å²) in [5.74, 6) is 3.16. The Labute approximate surface area is 151 Å². The lowest BCUT2D eigenvalue weighted by molar-refractivity contribution is -0.143. The summed E-state index contributed by atoms with van der Waals surface area (Å²) in [6, 6.07) is 0. The fourth-order valence-electron chi connectivity index (χ4n) is 5.43. The predicted octanol–water partition coefficient (Wildman–Crippen LogP) is 4.80. The summed E-state index contributed by atoms with van der Waals surface area (Å²) in [5, 5.41) is 0. The zero-order valence-electron chi connectivity index (χ0n) is 15.7. The van der Waals surface area contributed by atoms with E-state index >= 15 is 0 Å². The molecule has 4 rings (SSSR count). The predicted molar refractivity (Wildman–Crippen MR) is 97.6 cm³/mol. The Morgan fingerprint density at radius 2 is 2.24 bits per heavy atom. The van der Waals surface area contributed by atoms with Gasteiger partial charge in [0.15, 0.2) is 0 Å². The van der Waals surface area contributed by atoms with Crippen molar-refractivity contribution in [3.8, 4) is 0 Å². The molecule has 2 fully saturated rings. The average molecular weight is 342 g/mol. The van der Waals surface area contributed by atoms with E-state index in [0.717, 1.165) is 25.4 Å². The highest BCUT2D eigenvalue weighted by molar-refractivity contribution is 5.73. The van der Waals surface area contributed by atoms with E-state index in [9.17, 15) is 4.79 Å². The minimum Gasteiger partial charge on any atom is -0.426 e. The molecule has 0 amide bonds. The zero-order valence-corrected chi connectivity index (χ0v) is 15.7. The summed E-state index contributed by atoms with van der Waals surface area (Å²) in [6.45, 7) is 7.19. The molecule has 0 aromatic rings. The van der Waals surface area contributed by atoms with E-state index in [1.807, 2.05) is 19.9 Å². The Morgan fingerprint density at radius 1 is 1.40 bits per heavy atom. The first-order valence-corrected chi connectivity index (χ1v) is 9.97. The molecule has 25 heavy (non-hydrogen) atoms. The van der Waals surface area contributed by atoms with Crippen molar-refractivity contribution in [1.29, 1.82) is 0 Å². The monoisotopic (exact) mass is 342 g/mol. The number of carbonyl (C=O) groups is 1. The lowest BCUT2D eigenvalue weighted by Gasteiger charge is -2.49. The lowest BCUT2D eigenvalue weighted by Crippen LogP contribution is -2.47. The van der Waals surface area contributed by atoms with Gasteiger partial charge in [0.2, 0.25) is 0 Å². The van der Waals surface area contributed by atoms with Crippen LogP contribution >= 0.6 is 0 Å². The van der Waals surface area contributed by atoms with E-state index in [1.165, 1.54) is 24.8 Å². The minimum absolute atomic E-state index is 0.0462. The van der Waals surface area contributed by atoms with Gasteiger partial charge in [0.05, 0.1) is 11.5 Å². The Morgan fingerprint density at radius 3 is 3.04 bits per heavy atom. The number of esters is 1. The van der Waals surface area contributed by atoms with Gasteiger partial charge in [-0.25, -0.2) is 0 Å². The molecule has 6 atom stereocenters. The summed E-state index contributed by atoms with van der Waals surface area (Å²) in [5.41, 5.74) is 1.45. The van der Waals surface area contributed by atoms with Crippen LogP contribution in [0.3, 0.4) is 0 Å². The average Bonchev–Trinajstić information content (AvgIpc) is 3.02. The standard InChI is InChI=1S/C22H30O3/c1-4-14(2)21(23)25-16-6-8-17-15(13-16)5-7-19-18(17)9-11-22(3)20(19)10-12-24-22/h5-6,8,13-14,17-20H,4,7,9-12H2,1-3H3/t14?,17?,18?,19?,20?,22-/m0/s1. The van der Waals surface area contributed by atoms with Crippen LogP contribution in [0.25, 0.3) is 0 Å². The normalized spacial score (nSPS) is 40.3. The lowest BCUT2D eigenvalue weighted by atomic mass is 9.57. The molecule has 0 bridgehead atoms. The maximum atomic E-state index is 12.1. The van der Waals surface area contributed by atoms with E-state index in [0.29, 0.717) is 23.5 Å². The molecule has 0 spiro atoms. The molecule has 1 heterocycles. The number of ether oxygens (including phenoxy) is 2. The molecule has 0 N–H and O–H groups in total. The molecule has 1 saturated heterocycles. The third-order valence-corrected chi connectivity index (χ3v) is 7.17. The van der Waals surface area contributed by atoms with Crippen LogP contribution in [-0.2, 0) is 14.3 Å². The van der Waals surface area contributed by atoms with Crippen LogP contribution in [0.5, 0.6) is 0 Å². The van der Waals surface area contributed by atoms with Gasteiger partial charge in [-0.3, -0.25) is 4.79 Å². The van der Waals surface area contributed by atoms with E-state index in [4.69, 9.17) is 9.47 Å². The van der Waals surface area contributed by atoms with E-state index in [2.05, 4.69) is 25.2 Å². The van der Waals surface area contributed by atoms with Gasteiger partial charge in [-0.1, -0.05) is 26.0 Å². The number of hydrogen-bond donors (Lipinski definition) is 0. The summed E-state index contributed by atoms with van der Waals surface area (Å²) < 4.78 is 11.7. The molecule has 0 radical (unpaired) electrons. The third-order valence-electron chi connectivity index (χ3n) is 7.17.